The van der Waals surface area contributed by atoms with Gasteiger partial charge < -0.3 is 5.73 Å². The van der Waals surface area contributed by atoms with Crippen LogP contribution in [0.2, 0.25) is 0 Å². The molecular weight excluding hydrogens is 188 g/mol. The van der Waals surface area contributed by atoms with Gasteiger partial charge in [-0.05, 0) is 32.9 Å². The van der Waals surface area contributed by atoms with Crippen molar-refractivity contribution in [1.82, 2.24) is 14.9 Å². The van der Waals surface area contributed by atoms with E-state index in [-0.39, 0.29) is 0 Å². The molecule has 15 heavy (non-hydrogen) atoms. The Kier molecular flexibility index (Phi) is 5.21. The Morgan fingerprint density at radius 3 is 2.53 bits per heavy atom. The molecule has 0 spiro atoms. The van der Waals surface area contributed by atoms with Gasteiger partial charge in [-0.15, -0.1) is 0 Å². The lowest BCUT2D eigenvalue weighted by molar-refractivity contribution is 0.206. The van der Waals surface area contributed by atoms with Crippen molar-refractivity contribution in [1.29, 1.82) is 0 Å². The normalized spacial score (nSPS) is 11.3. The molecular formula is C11H20N4. The summed E-state index contributed by atoms with van der Waals surface area (Å²) in [5.74, 6) is 0.878. The molecule has 4 heteroatoms. The monoisotopic (exact) mass is 208 g/mol. The largest absolute Gasteiger partial charge is 0.330 e. The zero-order chi connectivity index (χ0) is 11.1. The second kappa shape index (κ2) is 6.48. The molecule has 0 saturated carbocycles. The molecule has 0 radical (unpaired) electrons. The third-order valence-corrected chi connectivity index (χ3v) is 2.34. The molecule has 1 aromatic rings. The molecule has 2 N–H and O–H groups in total. The second-order valence-corrected chi connectivity index (χ2v) is 3.87. The molecule has 0 fully saturated rings. The van der Waals surface area contributed by atoms with Gasteiger partial charge in [0.15, 0.2) is 0 Å². The van der Waals surface area contributed by atoms with E-state index in [1.54, 1.807) is 12.4 Å². The van der Waals surface area contributed by atoms with Crippen LogP contribution in [0.3, 0.4) is 0 Å². The minimum absolute atomic E-state index is 0.500. The Morgan fingerprint density at radius 1 is 1.33 bits per heavy atom. The van der Waals surface area contributed by atoms with Crippen LogP contribution in [0.1, 0.15) is 26.1 Å². The maximum Gasteiger partial charge on any atom is 0.142 e. The van der Waals surface area contributed by atoms with Crippen molar-refractivity contribution in [2.24, 2.45) is 5.73 Å². The summed E-state index contributed by atoms with van der Waals surface area (Å²) in [7, 11) is 0. The van der Waals surface area contributed by atoms with Crippen molar-refractivity contribution in [2.45, 2.75) is 32.9 Å². The molecule has 0 bridgehead atoms. The second-order valence-electron chi connectivity index (χ2n) is 3.87. The molecule has 0 aromatic carbocycles. The summed E-state index contributed by atoms with van der Waals surface area (Å²) in [5.41, 5.74) is 5.51. The lowest BCUT2D eigenvalue weighted by Crippen LogP contribution is -2.33. The Morgan fingerprint density at radius 2 is 2.00 bits per heavy atom. The number of rotatable bonds is 6. The number of nitrogens with two attached hydrogens (primary N) is 1. The van der Waals surface area contributed by atoms with Crippen molar-refractivity contribution in [3.05, 3.63) is 24.3 Å². The zero-order valence-corrected chi connectivity index (χ0v) is 9.56. The molecule has 0 aliphatic rings. The van der Waals surface area contributed by atoms with Gasteiger partial charge >= 0.3 is 0 Å². The van der Waals surface area contributed by atoms with Gasteiger partial charge in [0.2, 0.25) is 0 Å². The van der Waals surface area contributed by atoms with Gasteiger partial charge in [-0.3, -0.25) is 4.90 Å². The molecule has 1 heterocycles. The van der Waals surface area contributed by atoms with Gasteiger partial charge in [0, 0.05) is 25.0 Å². The quantitative estimate of drug-likeness (QED) is 0.759. The molecule has 84 valence electrons. The van der Waals surface area contributed by atoms with Gasteiger partial charge in [-0.2, -0.15) is 0 Å². The van der Waals surface area contributed by atoms with Crippen LogP contribution in [0.5, 0.6) is 0 Å². The fourth-order valence-corrected chi connectivity index (χ4v) is 1.41. The fraction of sp³-hybridized carbons (Fsp3) is 0.636. The number of hydrogen-bond acceptors (Lipinski definition) is 4. The molecule has 0 atom stereocenters. The Balaban J connectivity index is 2.51. The predicted octanol–water partition coefficient (Wildman–Crippen LogP) is 1.04. The van der Waals surface area contributed by atoms with Gasteiger partial charge in [-0.1, -0.05) is 0 Å². The Bertz CT molecular complexity index is 261. The lowest BCUT2D eigenvalue weighted by Gasteiger charge is -2.25. The highest BCUT2D eigenvalue weighted by atomic mass is 15.2. The summed E-state index contributed by atoms with van der Waals surface area (Å²) >= 11 is 0. The molecule has 1 aromatic heterocycles. The van der Waals surface area contributed by atoms with Crippen molar-refractivity contribution in [3.63, 3.8) is 0 Å². The van der Waals surface area contributed by atoms with Gasteiger partial charge in [0.1, 0.15) is 5.82 Å². The van der Waals surface area contributed by atoms with E-state index in [4.69, 9.17) is 5.73 Å². The summed E-state index contributed by atoms with van der Waals surface area (Å²) in [6.07, 6.45) is 4.58. The SMILES string of the molecule is CC(C)N(CCCN)Cc1ncccn1. The van der Waals surface area contributed by atoms with Crippen LogP contribution in [0.4, 0.5) is 0 Å². The predicted molar refractivity (Wildman–Crippen MR) is 61.2 cm³/mol. The third-order valence-electron chi connectivity index (χ3n) is 2.34. The number of hydrogen-bond donors (Lipinski definition) is 1. The molecule has 1 rings (SSSR count). The van der Waals surface area contributed by atoms with E-state index in [9.17, 15) is 0 Å². The average molecular weight is 208 g/mol. The van der Waals surface area contributed by atoms with Crippen LogP contribution in [-0.4, -0.2) is 34.0 Å². The maximum atomic E-state index is 5.51. The summed E-state index contributed by atoms with van der Waals surface area (Å²) in [6, 6.07) is 2.34. The molecule has 0 saturated heterocycles. The minimum atomic E-state index is 0.500. The Hall–Kier alpha value is -1.00. The van der Waals surface area contributed by atoms with E-state index >= 15 is 0 Å². The lowest BCUT2D eigenvalue weighted by atomic mass is 10.2. The fourth-order valence-electron chi connectivity index (χ4n) is 1.41. The van der Waals surface area contributed by atoms with Crippen LogP contribution in [0.15, 0.2) is 18.5 Å². The summed E-state index contributed by atoms with van der Waals surface area (Å²) in [5, 5.41) is 0. The first-order valence-electron chi connectivity index (χ1n) is 5.44. The Labute approximate surface area is 91.5 Å². The molecule has 4 nitrogen and oxygen atoms in total. The molecule has 0 unspecified atom stereocenters. The first-order valence-corrected chi connectivity index (χ1v) is 5.44. The van der Waals surface area contributed by atoms with Crippen molar-refractivity contribution < 1.29 is 0 Å². The topological polar surface area (TPSA) is 55.0 Å². The van der Waals surface area contributed by atoms with E-state index in [1.807, 2.05) is 6.07 Å². The summed E-state index contributed by atoms with van der Waals surface area (Å²) in [6.45, 7) is 6.91. The number of nitrogens with zero attached hydrogens (tertiary/aromatic N) is 3. The highest BCUT2D eigenvalue weighted by molar-refractivity contribution is 4.88. The highest BCUT2D eigenvalue weighted by Crippen LogP contribution is 2.04. The average Bonchev–Trinajstić information content (AvgIpc) is 2.25. The van der Waals surface area contributed by atoms with Crippen molar-refractivity contribution in [2.75, 3.05) is 13.1 Å². The molecule has 0 aliphatic heterocycles. The maximum absolute atomic E-state index is 5.51. The van der Waals surface area contributed by atoms with E-state index in [1.165, 1.54) is 0 Å². The molecule has 0 aliphatic carbocycles. The zero-order valence-electron chi connectivity index (χ0n) is 9.56. The van der Waals surface area contributed by atoms with Crippen molar-refractivity contribution >= 4 is 0 Å². The van der Waals surface area contributed by atoms with E-state index in [0.717, 1.165) is 31.9 Å². The first-order chi connectivity index (χ1) is 7.24. The van der Waals surface area contributed by atoms with Crippen LogP contribution < -0.4 is 5.73 Å². The standard InChI is InChI=1S/C11H20N4/c1-10(2)15(8-3-5-12)9-11-13-6-4-7-14-11/h4,6-7,10H,3,5,8-9,12H2,1-2H3. The van der Waals surface area contributed by atoms with E-state index in [0.29, 0.717) is 6.04 Å². The van der Waals surface area contributed by atoms with Crippen molar-refractivity contribution in [3.8, 4) is 0 Å². The molecule has 0 amide bonds. The van der Waals surface area contributed by atoms with Gasteiger partial charge in [0.05, 0.1) is 6.54 Å². The van der Waals surface area contributed by atoms with E-state index in [2.05, 4.69) is 28.7 Å². The van der Waals surface area contributed by atoms with Crippen LogP contribution >= 0.6 is 0 Å². The smallest absolute Gasteiger partial charge is 0.142 e. The van der Waals surface area contributed by atoms with Crippen LogP contribution in [0, 0.1) is 0 Å². The van der Waals surface area contributed by atoms with Crippen LogP contribution in [0.25, 0.3) is 0 Å². The summed E-state index contributed by atoms with van der Waals surface area (Å²) in [4.78, 5) is 10.8. The highest BCUT2D eigenvalue weighted by Gasteiger charge is 2.10. The minimum Gasteiger partial charge on any atom is -0.330 e. The summed E-state index contributed by atoms with van der Waals surface area (Å²) < 4.78 is 0. The third kappa shape index (κ3) is 4.36. The van der Waals surface area contributed by atoms with E-state index < -0.39 is 0 Å². The number of aromatic nitrogens is 2. The van der Waals surface area contributed by atoms with Crippen LogP contribution in [-0.2, 0) is 6.54 Å². The first kappa shape index (κ1) is 12.1. The van der Waals surface area contributed by atoms with Gasteiger partial charge in [0.25, 0.3) is 0 Å². The van der Waals surface area contributed by atoms with Gasteiger partial charge in [-0.25, -0.2) is 9.97 Å².